The summed E-state index contributed by atoms with van der Waals surface area (Å²) in [5, 5.41) is 2.76. The molecule has 0 aliphatic rings. The Morgan fingerprint density at radius 1 is 1.35 bits per heavy atom. The third-order valence-electron chi connectivity index (χ3n) is 3.07. The second kappa shape index (κ2) is 6.05. The van der Waals surface area contributed by atoms with Crippen molar-refractivity contribution < 1.29 is 9.18 Å². The number of hydrogen-bond donors (Lipinski definition) is 2. The molecule has 0 radical (unpaired) electrons. The number of carbonyl (C=O) groups excluding carboxylic acids is 1. The molecule has 5 heteroatoms. The standard InChI is InChI=1S/C15H14BrFN2O/c1-9-12(3-2-4-14(9)18)15(20)19-8-10-7-11(17)5-6-13(10)16/h2-7H,8,18H2,1H3,(H,19,20). The maximum absolute atomic E-state index is 13.2. The molecule has 2 aromatic rings. The van der Waals surface area contributed by atoms with Crippen molar-refractivity contribution >= 4 is 27.5 Å². The smallest absolute Gasteiger partial charge is 0.251 e. The zero-order valence-corrected chi connectivity index (χ0v) is 12.5. The molecule has 0 aliphatic carbocycles. The Kier molecular flexibility index (Phi) is 4.39. The highest BCUT2D eigenvalue weighted by Crippen LogP contribution is 2.19. The topological polar surface area (TPSA) is 55.1 Å². The van der Waals surface area contributed by atoms with Crippen LogP contribution >= 0.6 is 15.9 Å². The van der Waals surface area contributed by atoms with Crippen molar-refractivity contribution in [3.63, 3.8) is 0 Å². The summed E-state index contributed by atoms with van der Waals surface area (Å²) in [6, 6.07) is 9.54. The van der Waals surface area contributed by atoms with Gasteiger partial charge in [0, 0.05) is 22.3 Å². The Morgan fingerprint density at radius 2 is 2.10 bits per heavy atom. The molecule has 0 saturated heterocycles. The Balaban J connectivity index is 2.13. The minimum atomic E-state index is -0.336. The zero-order chi connectivity index (χ0) is 14.7. The summed E-state index contributed by atoms with van der Waals surface area (Å²) >= 11 is 3.32. The summed E-state index contributed by atoms with van der Waals surface area (Å²) in [7, 11) is 0. The lowest BCUT2D eigenvalue weighted by molar-refractivity contribution is 0.0950. The lowest BCUT2D eigenvalue weighted by Gasteiger charge is -2.10. The van der Waals surface area contributed by atoms with Gasteiger partial charge in [0.2, 0.25) is 0 Å². The van der Waals surface area contributed by atoms with Crippen molar-refractivity contribution in [3.05, 3.63) is 63.4 Å². The third-order valence-corrected chi connectivity index (χ3v) is 3.84. The largest absolute Gasteiger partial charge is 0.398 e. The first kappa shape index (κ1) is 14.5. The van der Waals surface area contributed by atoms with E-state index in [9.17, 15) is 9.18 Å². The summed E-state index contributed by atoms with van der Waals surface area (Å²) < 4.78 is 13.9. The minimum Gasteiger partial charge on any atom is -0.398 e. The van der Waals surface area contributed by atoms with Crippen molar-refractivity contribution in [3.8, 4) is 0 Å². The number of amides is 1. The molecule has 0 saturated carbocycles. The molecule has 2 rings (SSSR count). The van der Waals surface area contributed by atoms with Gasteiger partial charge in [-0.25, -0.2) is 4.39 Å². The first-order valence-electron chi connectivity index (χ1n) is 6.06. The van der Waals surface area contributed by atoms with Gasteiger partial charge in [-0.2, -0.15) is 0 Å². The van der Waals surface area contributed by atoms with Crippen LogP contribution in [-0.2, 0) is 6.54 Å². The van der Waals surface area contributed by atoms with Gasteiger partial charge in [0.15, 0.2) is 0 Å². The van der Waals surface area contributed by atoms with Crippen LogP contribution in [0, 0.1) is 12.7 Å². The first-order chi connectivity index (χ1) is 9.49. The van der Waals surface area contributed by atoms with Gasteiger partial charge in [-0.05, 0) is 48.4 Å². The van der Waals surface area contributed by atoms with Gasteiger partial charge in [-0.15, -0.1) is 0 Å². The molecule has 0 aliphatic heterocycles. The van der Waals surface area contributed by atoms with E-state index in [1.807, 2.05) is 0 Å². The van der Waals surface area contributed by atoms with Gasteiger partial charge in [-0.1, -0.05) is 22.0 Å². The second-order valence-electron chi connectivity index (χ2n) is 4.44. The van der Waals surface area contributed by atoms with E-state index in [2.05, 4.69) is 21.2 Å². The molecule has 1 amide bonds. The number of nitrogens with two attached hydrogens (primary N) is 1. The number of carbonyl (C=O) groups is 1. The maximum Gasteiger partial charge on any atom is 0.251 e. The van der Waals surface area contributed by atoms with Crippen molar-refractivity contribution in [1.29, 1.82) is 0 Å². The van der Waals surface area contributed by atoms with Crippen LogP contribution in [0.3, 0.4) is 0 Å². The fraction of sp³-hybridized carbons (Fsp3) is 0.133. The normalized spacial score (nSPS) is 10.3. The average Bonchev–Trinajstić information content (AvgIpc) is 2.42. The highest BCUT2D eigenvalue weighted by molar-refractivity contribution is 9.10. The van der Waals surface area contributed by atoms with Gasteiger partial charge in [0.05, 0.1) is 0 Å². The van der Waals surface area contributed by atoms with E-state index in [1.165, 1.54) is 12.1 Å². The van der Waals surface area contributed by atoms with Gasteiger partial charge in [0.1, 0.15) is 5.82 Å². The second-order valence-corrected chi connectivity index (χ2v) is 5.29. The van der Waals surface area contributed by atoms with E-state index in [1.54, 1.807) is 31.2 Å². The SMILES string of the molecule is Cc1c(N)cccc1C(=O)NCc1cc(F)ccc1Br. The summed E-state index contributed by atoms with van der Waals surface area (Å²) in [5.41, 5.74) is 8.29. The van der Waals surface area contributed by atoms with Crippen molar-refractivity contribution in [2.24, 2.45) is 0 Å². The van der Waals surface area contributed by atoms with Crippen LogP contribution < -0.4 is 11.1 Å². The number of hydrogen-bond acceptors (Lipinski definition) is 2. The highest BCUT2D eigenvalue weighted by atomic mass is 79.9. The van der Waals surface area contributed by atoms with Crippen LogP contribution in [0.2, 0.25) is 0 Å². The molecule has 3 nitrogen and oxygen atoms in total. The number of anilines is 1. The van der Waals surface area contributed by atoms with Crippen LogP contribution in [0.25, 0.3) is 0 Å². The van der Waals surface area contributed by atoms with Gasteiger partial charge in [-0.3, -0.25) is 4.79 Å². The van der Waals surface area contributed by atoms with Crippen LogP contribution in [0.4, 0.5) is 10.1 Å². The molecule has 20 heavy (non-hydrogen) atoms. The maximum atomic E-state index is 13.2. The molecule has 0 atom stereocenters. The lowest BCUT2D eigenvalue weighted by atomic mass is 10.1. The predicted molar refractivity (Wildman–Crippen MR) is 80.9 cm³/mol. The van der Waals surface area contributed by atoms with Gasteiger partial charge >= 0.3 is 0 Å². The Bertz CT molecular complexity index is 658. The molecule has 0 heterocycles. The summed E-state index contributed by atoms with van der Waals surface area (Å²) in [6.07, 6.45) is 0. The number of halogens is 2. The summed E-state index contributed by atoms with van der Waals surface area (Å²) in [5.74, 6) is -0.566. The monoisotopic (exact) mass is 336 g/mol. The van der Waals surface area contributed by atoms with Crippen LogP contribution in [-0.4, -0.2) is 5.91 Å². The van der Waals surface area contributed by atoms with E-state index in [-0.39, 0.29) is 18.3 Å². The molecular formula is C15H14BrFN2O. The van der Waals surface area contributed by atoms with E-state index < -0.39 is 0 Å². The molecular weight excluding hydrogens is 323 g/mol. The zero-order valence-electron chi connectivity index (χ0n) is 10.9. The van der Waals surface area contributed by atoms with Crippen molar-refractivity contribution in [1.82, 2.24) is 5.32 Å². The number of benzene rings is 2. The molecule has 3 N–H and O–H groups in total. The fourth-order valence-electron chi connectivity index (χ4n) is 1.85. The van der Waals surface area contributed by atoms with Gasteiger partial charge < -0.3 is 11.1 Å². The Labute approximate surface area is 125 Å². The minimum absolute atomic E-state index is 0.231. The first-order valence-corrected chi connectivity index (χ1v) is 6.85. The molecule has 104 valence electrons. The quantitative estimate of drug-likeness (QED) is 0.844. The molecule has 0 fully saturated rings. The number of rotatable bonds is 3. The Morgan fingerprint density at radius 3 is 2.85 bits per heavy atom. The molecule has 0 spiro atoms. The fourth-order valence-corrected chi connectivity index (χ4v) is 2.24. The van der Waals surface area contributed by atoms with Crippen LogP contribution in [0.5, 0.6) is 0 Å². The van der Waals surface area contributed by atoms with Crippen molar-refractivity contribution in [2.75, 3.05) is 5.73 Å². The van der Waals surface area contributed by atoms with Crippen LogP contribution in [0.15, 0.2) is 40.9 Å². The predicted octanol–water partition coefficient (Wildman–Crippen LogP) is 3.41. The molecule has 0 unspecified atom stereocenters. The Hall–Kier alpha value is -1.88. The van der Waals surface area contributed by atoms with E-state index in [0.29, 0.717) is 16.8 Å². The van der Waals surface area contributed by atoms with Gasteiger partial charge in [0.25, 0.3) is 5.91 Å². The molecule has 2 aromatic carbocycles. The van der Waals surface area contributed by atoms with Crippen LogP contribution in [0.1, 0.15) is 21.5 Å². The summed E-state index contributed by atoms with van der Waals surface area (Å²) in [6.45, 7) is 2.04. The third kappa shape index (κ3) is 3.17. The lowest BCUT2D eigenvalue weighted by Crippen LogP contribution is -2.24. The average molecular weight is 337 g/mol. The number of nitrogens with one attached hydrogen (secondary N) is 1. The molecule has 0 bridgehead atoms. The highest BCUT2D eigenvalue weighted by Gasteiger charge is 2.11. The van der Waals surface area contributed by atoms with E-state index in [0.717, 1.165) is 10.0 Å². The number of nitrogen functional groups attached to an aromatic ring is 1. The molecule has 0 aromatic heterocycles. The van der Waals surface area contributed by atoms with E-state index in [4.69, 9.17) is 5.73 Å². The summed E-state index contributed by atoms with van der Waals surface area (Å²) in [4.78, 5) is 12.1. The van der Waals surface area contributed by atoms with E-state index >= 15 is 0 Å². The van der Waals surface area contributed by atoms with Crippen molar-refractivity contribution in [2.45, 2.75) is 13.5 Å².